The van der Waals surface area contributed by atoms with Crippen LogP contribution in [0.1, 0.15) is 18.9 Å². The van der Waals surface area contributed by atoms with Crippen molar-refractivity contribution < 1.29 is 0 Å². The van der Waals surface area contributed by atoms with Crippen LogP contribution < -0.4 is 0 Å². The largest absolute Gasteiger partial charge is 0.215 e. The lowest BCUT2D eigenvalue weighted by Crippen LogP contribution is -1.96. The molecule has 0 atom stereocenters. The van der Waals surface area contributed by atoms with E-state index in [0.29, 0.717) is 16.1 Å². The molecule has 2 aromatic heterocycles. The topological polar surface area (TPSA) is 25.8 Å². The molecule has 0 radical (unpaired) electrons. The Hall–Kier alpha value is -0.640. The zero-order valence-corrected chi connectivity index (χ0v) is 11.0. The van der Waals surface area contributed by atoms with Gasteiger partial charge in [0.25, 0.3) is 0 Å². The van der Waals surface area contributed by atoms with Gasteiger partial charge in [0.1, 0.15) is 10.3 Å². The van der Waals surface area contributed by atoms with Gasteiger partial charge in [-0.15, -0.1) is 11.3 Å². The zero-order valence-electron chi connectivity index (χ0n) is 8.70. The Balaban J connectivity index is 2.45. The molecule has 0 amide bonds. The molecule has 0 saturated heterocycles. The highest BCUT2D eigenvalue weighted by Gasteiger charge is 2.12. The number of hydrogen-bond donors (Lipinski definition) is 0. The Kier molecular flexibility index (Phi) is 3.79. The fourth-order valence-electron chi connectivity index (χ4n) is 1.40. The van der Waals surface area contributed by atoms with Crippen molar-refractivity contribution in [1.29, 1.82) is 0 Å². The van der Waals surface area contributed by atoms with Gasteiger partial charge in [0.05, 0.1) is 4.88 Å². The number of hydrogen-bond acceptors (Lipinski definition) is 3. The summed E-state index contributed by atoms with van der Waals surface area (Å²) in [5.74, 6) is 0.602. The molecule has 0 N–H and O–H groups in total. The number of rotatable bonds is 3. The van der Waals surface area contributed by atoms with Crippen LogP contribution in [-0.2, 0) is 6.42 Å². The van der Waals surface area contributed by atoms with E-state index in [9.17, 15) is 0 Å². The van der Waals surface area contributed by atoms with E-state index >= 15 is 0 Å². The van der Waals surface area contributed by atoms with Crippen molar-refractivity contribution in [1.82, 2.24) is 9.97 Å². The molecule has 0 fully saturated rings. The lowest BCUT2D eigenvalue weighted by Gasteiger charge is -2.05. The normalized spacial score (nSPS) is 10.7. The Bertz CT molecular complexity index is 460. The van der Waals surface area contributed by atoms with Gasteiger partial charge in [0.2, 0.25) is 0 Å². The Morgan fingerprint density at radius 3 is 2.44 bits per heavy atom. The number of nitrogens with zero attached hydrogens (tertiary/aromatic N) is 2. The summed E-state index contributed by atoms with van der Waals surface area (Å²) in [6.07, 6.45) is 1.78. The highest BCUT2D eigenvalue weighted by Crippen LogP contribution is 2.28. The van der Waals surface area contributed by atoms with Crippen LogP contribution in [0.5, 0.6) is 0 Å². The third-order valence-electron chi connectivity index (χ3n) is 2.15. The standard InChI is InChI=1S/C11H10Cl2N2S/c1-2-4-7-9(12)14-11(15-10(7)13)8-5-3-6-16-8/h3,5-6H,2,4H2,1H3. The summed E-state index contributed by atoms with van der Waals surface area (Å²) in [4.78, 5) is 9.53. The van der Waals surface area contributed by atoms with E-state index in [4.69, 9.17) is 23.2 Å². The lowest BCUT2D eigenvalue weighted by atomic mass is 10.2. The minimum atomic E-state index is 0.463. The first-order chi connectivity index (χ1) is 7.72. The molecule has 2 nitrogen and oxygen atoms in total. The first kappa shape index (κ1) is 11.8. The summed E-state index contributed by atoms with van der Waals surface area (Å²) in [7, 11) is 0. The van der Waals surface area contributed by atoms with Crippen LogP contribution in [0.4, 0.5) is 0 Å². The zero-order chi connectivity index (χ0) is 11.5. The molecule has 0 spiro atoms. The van der Waals surface area contributed by atoms with E-state index in [1.807, 2.05) is 17.5 Å². The van der Waals surface area contributed by atoms with Gasteiger partial charge in [-0.1, -0.05) is 42.6 Å². The summed E-state index contributed by atoms with van der Waals surface area (Å²) in [5.41, 5.74) is 0.839. The van der Waals surface area contributed by atoms with Crippen LogP contribution in [0.15, 0.2) is 17.5 Å². The summed E-state index contributed by atoms with van der Waals surface area (Å²) < 4.78 is 0. The van der Waals surface area contributed by atoms with E-state index in [1.54, 1.807) is 11.3 Å². The monoisotopic (exact) mass is 272 g/mol. The van der Waals surface area contributed by atoms with Crippen LogP contribution >= 0.6 is 34.5 Å². The van der Waals surface area contributed by atoms with Gasteiger partial charge in [0, 0.05) is 5.56 Å². The predicted octanol–water partition coefficient (Wildman–Crippen LogP) is 4.46. The summed E-state index contributed by atoms with van der Waals surface area (Å²) in [6.45, 7) is 2.07. The molecule has 0 aliphatic rings. The number of halogens is 2. The maximum Gasteiger partial charge on any atom is 0.172 e. The molecule has 2 heterocycles. The van der Waals surface area contributed by atoms with Crippen molar-refractivity contribution in [3.63, 3.8) is 0 Å². The van der Waals surface area contributed by atoms with Crippen molar-refractivity contribution in [2.75, 3.05) is 0 Å². The van der Waals surface area contributed by atoms with Crippen molar-refractivity contribution in [3.05, 3.63) is 33.4 Å². The smallest absolute Gasteiger partial charge is 0.172 e. The van der Waals surface area contributed by atoms with Crippen molar-refractivity contribution in [3.8, 4) is 10.7 Å². The minimum absolute atomic E-state index is 0.463. The fourth-order valence-corrected chi connectivity index (χ4v) is 2.64. The number of aromatic nitrogens is 2. The van der Waals surface area contributed by atoms with Gasteiger partial charge in [-0.25, -0.2) is 9.97 Å². The van der Waals surface area contributed by atoms with Crippen LogP contribution in [0.3, 0.4) is 0 Å². The van der Waals surface area contributed by atoms with Gasteiger partial charge in [-0.3, -0.25) is 0 Å². The minimum Gasteiger partial charge on any atom is -0.215 e. The Morgan fingerprint density at radius 2 is 1.94 bits per heavy atom. The second kappa shape index (κ2) is 5.13. The highest BCUT2D eigenvalue weighted by atomic mass is 35.5. The summed E-state index contributed by atoms with van der Waals surface area (Å²) in [5, 5.41) is 2.90. The Morgan fingerprint density at radius 1 is 1.25 bits per heavy atom. The predicted molar refractivity (Wildman–Crippen MR) is 69.4 cm³/mol. The van der Waals surface area contributed by atoms with E-state index in [1.165, 1.54) is 0 Å². The van der Waals surface area contributed by atoms with Crippen molar-refractivity contribution in [2.45, 2.75) is 19.8 Å². The van der Waals surface area contributed by atoms with Gasteiger partial charge in [0.15, 0.2) is 5.82 Å². The lowest BCUT2D eigenvalue weighted by molar-refractivity contribution is 0.903. The van der Waals surface area contributed by atoms with E-state index in [-0.39, 0.29) is 0 Å². The SMILES string of the molecule is CCCc1c(Cl)nc(-c2cccs2)nc1Cl. The molecule has 0 unspecified atom stereocenters. The highest BCUT2D eigenvalue weighted by molar-refractivity contribution is 7.13. The van der Waals surface area contributed by atoms with Crippen LogP contribution in [0.2, 0.25) is 10.3 Å². The molecule has 2 aromatic rings. The van der Waals surface area contributed by atoms with Gasteiger partial charge in [-0.2, -0.15) is 0 Å². The molecule has 0 aromatic carbocycles. The van der Waals surface area contributed by atoms with Gasteiger partial charge < -0.3 is 0 Å². The van der Waals surface area contributed by atoms with E-state index < -0.39 is 0 Å². The third-order valence-corrected chi connectivity index (χ3v) is 3.64. The number of thiophene rings is 1. The summed E-state index contributed by atoms with van der Waals surface area (Å²) in [6, 6.07) is 3.90. The molecule has 5 heteroatoms. The summed E-state index contributed by atoms with van der Waals surface area (Å²) >= 11 is 13.8. The maximum absolute atomic E-state index is 6.10. The Labute approximate surface area is 108 Å². The molecule has 0 bridgehead atoms. The quantitative estimate of drug-likeness (QED) is 0.771. The van der Waals surface area contributed by atoms with Crippen LogP contribution in [0, 0.1) is 0 Å². The first-order valence-corrected chi connectivity index (χ1v) is 6.61. The second-order valence-corrected chi connectivity index (χ2v) is 5.00. The molecule has 0 aliphatic carbocycles. The fraction of sp³-hybridized carbons (Fsp3) is 0.273. The molecular formula is C11H10Cl2N2S. The second-order valence-electron chi connectivity index (χ2n) is 3.33. The van der Waals surface area contributed by atoms with Crippen LogP contribution in [0.25, 0.3) is 10.7 Å². The molecular weight excluding hydrogens is 263 g/mol. The maximum atomic E-state index is 6.10. The molecule has 0 aliphatic heterocycles. The molecule has 2 rings (SSSR count). The van der Waals surface area contributed by atoms with Crippen molar-refractivity contribution >= 4 is 34.5 Å². The molecule has 84 valence electrons. The molecule has 16 heavy (non-hydrogen) atoms. The average Bonchev–Trinajstić information content (AvgIpc) is 2.76. The van der Waals surface area contributed by atoms with Crippen LogP contribution in [-0.4, -0.2) is 9.97 Å². The van der Waals surface area contributed by atoms with Gasteiger partial charge >= 0.3 is 0 Å². The average molecular weight is 273 g/mol. The van der Waals surface area contributed by atoms with E-state index in [2.05, 4.69) is 16.9 Å². The van der Waals surface area contributed by atoms with E-state index in [0.717, 1.165) is 23.3 Å². The first-order valence-electron chi connectivity index (χ1n) is 4.98. The van der Waals surface area contributed by atoms with Crippen molar-refractivity contribution in [2.24, 2.45) is 0 Å². The molecule has 0 saturated carbocycles. The third kappa shape index (κ3) is 2.37. The van der Waals surface area contributed by atoms with Gasteiger partial charge in [-0.05, 0) is 17.9 Å².